The second-order valence-electron chi connectivity index (χ2n) is 5.17. The fraction of sp³-hybridized carbons (Fsp3) is 0.235. The van der Waals surface area contributed by atoms with Gasteiger partial charge in [-0.05, 0) is 25.5 Å². The normalized spacial score (nSPS) is 19.4. The van der Waals surface area contributed by atoms with E-state index >= 15 is 0 Å². The molecule has 1 aromatic carbocycles. The lowest BCUT2D eigenvalue weighted by molar-refractivity contribution is -0.139. The molecule has 0 saturated heterocycles. The number of carbonyl (C=O) groups excluding carboxylic acids is 2. The molecule has 0 fully saturated rings. The summed E-state index contributed by atoms with van der Waals surface area (Å²) in [5, 5.41) is 0.124. The average Bonchev–Trinajstić information content (AvgIpc) is 2.95. The van der Waals surface area contributed by atoms with E-state index in [-0.39, 0.29) is 35.0 Å². The third-order valence-electron chi connectivity index (χ3n) is 3.61. The monoisotopic (exact) mass is 349 g/mol. The minimum absolute atomic E-state index is 0.0304. The van der Waals surface area contributed by atoms with Crippen LogP contribution in [0.15, 0.2) is 46.6 Å². The maximum atomic E-state index is 13.8. The highest BCUT2D eigenvalue weighted by molar-refractivity contribution is 8.15. The molecule has 124 valence electrons. The van der Waals surface area contributed by atoms with Crippen molar-refractivity contribution < 1.29 is 23.1 Å². The standard InChI is InChI=1S/C17H13F2NO3S/c1-2-23-17(22)12-8-20-16-11(15(12)21)7-9(24-16)6-10-13(18)4-3-5-14(10)19/h3-5,7-9H,2,6H2,1H3. The third-order valence-corrected chi connectivity index (χ3v) is 4.76. The van der Waals surface area contributed by atoms with Gasteiger partial charge in [0.05, 0.1) is 12.2 Å². The van der Waals surface area contributed by atoms with Crippen LogP contribution < -0.4 is 0 Å². The number of aliphatic imine (C=N–C) groups is 1. The predicted octanol–water partition coefficient (Wildman–Crippen LogP) is 2.98. The topological polar surface area (TPSA) is 55.7 Å². The highest BCUT2D eigenvalue weighted by Gasteiger charge is 2.35. The van der Waals surface area contributed by atoms with Crippen LogP contribution in [0.2, 0.25) is 0 Å². The van der Waals surface area contributed by atoms with Gasteiger partial charge in [-0.15, -0.1) is 0 Å². The number of carbonyl (C=O) groups is 2. The smallest absolute Gasteiger partial charge is 0.343 e. The summed E-state index contributed by atoms with van der Waals surface area (Å²) in [7, 11) is 0. The first-order chi connectivity index (χ1) is 11.5. The maximum Gasteiger partial charge on any atom is 0.343 e. The molecule has 1 atom stereocenters. The fourth-order valence-corrected chi connectivity index (χ4v) is 3.62. The van der Waals surface area contributed by atoms with Crippen molar-refractivity contribution in [3.63, 3.8) is 0 Å². The van der Waals surface area contributed by atoms with Gasteiger partial charge in [-0.25, -0.2) is 18.6 Å². The van der Waals surface area contributed by atoms with Gasteiger partial charge >= 0.3 is 5.97 Å². The number of fused-ring (bicyclic) bond motifs is 1. The van der Waals surface area contributed by atoms with E-state index in [0.717, 1.165) is 0 Å². The number of rotatable bonds is 4. The molecule has 4 nitrogen and oxygen atoms in total. The Labute approximate surface area is 141 Å². The number of esters is 1. The van der Waals surface area contributed by atoms with Crippen LogP contribution in [0, 0.1) is 11.6 Å². The number of thioether (sulfide) groups is 1. The summed E-state index contributed by atoms with van der Waals surface area (Å²) < 4.78 is 32.4. The Bertz CT molecular complexity index is 794. The lowest BCUT2D eigenvalue weighted by atomic mass is 10.0. The Morgan fingerprint density at radius 2 is 2.04 bits per heavy atom. The minimum Gasteiger partial charge on any atom is -0.462 e. The van der Waals surface area contributed by atoms with E-state index in [0.29, 0.717) is 5.04 Å². The largest absolute Gasteiger partial charge is 0.462 e. The number of halogens is 2. The van der Waals surface area contributed by atoms with Gasteiger partial charge in [0.1, 0.15) is 22.3 Å². The van der Waals surface area contributed by atoms with Gasteiger partial charge in [0.15, 0.2) is 0 Å². The molecule has 7 heteroatoms. The molecule has 1 unspecified atom stereocenters. The summed E-state index contributed by atoms with van der Waals surface area (Å²) in [6, 6.07) is 3.69. The first kappa shape index (κ1) is 16.6. The molecule has 0 amide bonds. The third kappa shape index (κ3) is 3.03. The molecule has 0 bridgehead atoms. The SMILES string of the molecule is CCOC(=O)C1=CN=C2SC(Cc3c(F)cccc3F)C=C2C1=O. The molecule has 24 heavy (non-hydrogen) atoms. The molecule has 1 aromatic rings. The van der Waals surface area contributed by atoms with Gasteiger partial charge in [0, 0.05) is 17.0 Å². The molecular formula is C17H13F2NO3S. The zero-order chi connectivity index (χ0) is 17.3. The summed E-state index contributed by atoms with van der Waals surface area (Å²) in [5.41, 5.74) is 0.120. The Morgan fingerprint density at radius 3 is 2.71 bits per heavy atom. The van der Waals surface area contributed by atoms with Crippen molar-refractivity contribution in [2.24, 2.45) is 4.99 Å². The Morgan fingerprint density at radius 1 is 1.33 bits per heavy atom. The van der Waals surface area contributed by atoms with Crippen LogP contribution in [0.1, 0.15) is 12.5 Å². The maximum absolute atomic E-state index is 13.8. The molecule has 2 heterocycles. The van der Waals surface area contributed by atoms with Gasteiger partial charge in [0.2, 0.25) is 5.78 Å². The van der Waals surface area contributed by atoms with Crippen molar-refractivity contribution in [1.82, 2.24) is 0 Å². The van der Waals surface area contributed by atoms with Gasteiger partial charge in [0.25, 0.3) is 0 Å². The van der Waals surface area contributed by atoms with Crippen LogP contribution in [0.25, 0.3) is 0 Å². The predicted molar refractivity (Wildman–Crippen MR) is 86.7 cm³/mol. The number of hydrogen-bond donors (Lipinski definition) is 0. The van der Waals surface area contributed by atoms with Crippen LogP contribution in [0.5, 0.6) is 0 Å². The van der Waals surface area contributed by atoms with Crippen molar-refractivity contribution in [2.75, 3.05) is 6.61 Å². The number of ether oxygens (including phenoxy) is 1. The minimum atomic E-state index is -0.722. The second kappa shape index (κ2) is 6.68. The van der Waals surface area contributed by atoms with Crippen LogP contribution in [0.3, 0.4) is 0 Å². The van der Waals surface area contributed by atoms with Gasteiger partial charge < -0.3 is 4.74 Å². The second-order valence-corrected chi connectivity index (χ2v) is 6.40. The van der Waals surface area contributed by atoms with Crippen LogP contribution in [-0.2, 0) is 20.7 Å². The first-order valence-corrected chi connectivity index (χ1v) is 8.20. The molecular weight excluding hydrogens is 336 g/mol. The van der Waals surface area contributed by atoms with E-state index in [1.54, 1.807) is 13.0 Å². The van der Waals surface area contributed by atoms with E-state index in [9.17, 15) is 18.4 Å². The quantitative estimate of drug-likeness (QED) is 0.619. The lowest BCUT2D eigenvalue weighted by Gasteiger charge is -2.11. The number of Topliss-reactive ketones (excluding diaryl/α,β-unsaturated/α-hetero) is 1. The van der Waals surface area contributed by atoms with Gasteiger partial charge in [-0.3, -0.25) is 4.79 Å². The summed E-state index contributed by atoms with van der Waals surface area (Å²) in [5.74, 6) is -2.44. The van der Waals surface area contributed by atoms with Crippen molar-refractivity contribution >= 4 is 28.6 Å². The highest BCUT2D eigenvalue weighted by atomic mass is 32.2. The van der Waals surface area contributed by atoms with E-state index < -0.39 is 23.4 Å². The number of benzene rings is 1. The van der Waals surface area contributed by atoms with Crippen molar-refractivity contribution in [3.8, 4) is 0 Å². The molecule has 0 spiro atoms. The molecule has 0 N–H and O–H groups in total. The van der Waals surface area contributed by atoms with E-state index in [1.165, 1.54) is 36.2 Å². The molecule has 0 aliphatic carbocycles. The number of hydrogen-bond acceptors (Lipinski definition) is 5. The zero-order valence-electron chi connectivity index (χ0n) is 12.7. The summed E-state index contributed by atoms with van der Waals surface area (Å²) in [4.78, 5) is 28.2. The van der Waals surface area contributed by atoms with E-state index in [2.05, 4.69) is 4.99 Å². The van der Waals surface area contributed by atoms with Crippen LogP contribution >= 0.6 is 11.8 Å². The van der Waals surface area contributed by atoms with E-state index in [4.69, 9.17) is 4.74 Å². The molecule has 3 rings (SSSR count). The van der Waals surface area contributed by atoms with Crippen molar-refractivity contribution in [1.29, 1.82) is 0 Å². The van der Waals surface area contributed by atoms with E-state index in [1.807, 2.05) is 0 Å². The zero-order valence-corrected chi connectivity index (χ0v) is 13.5. The number of nitrogens with zero attached hydrogens (tertiary/aromatic N) is 1. The summed E-state index contributed by atoms with van der Waals surface area (Å²) in [6.45, 7) is 1.80. The van der Waals surface area contributed by atoms with Gasteiger partial charge in [-0.2, -0.15) is 0 Å². The summed E-state index contributed by atoms with van der Waals surface area (Å²) in [6.07, 6.45) is 2.88. The van der Waals surface area contributed by atoms with Crippen molar-refractivity contribution in [3.05, 3.63) is 58.8 Å². The fourth-order valence-electron chi connectivity index (χ4n) is 2.48. The molecule has 0 radical (unpaired) electrons. The van der Waals surface area contributed by atoms with Crippen molar-refractivity contribution in [2.45, 2.75) is 18.6 Å². The molecule has 2 aliphatic heterocycles. The van der Waals surface area contributed by atoms with Crippen LogP contribution in [0.4, 0.5) is 8.78 Å². The Hall–Kier alpha value is -2.28. The van der Waals surface area contributed by atoms with Crippen LogP contribution in [-0.4, -0.2) is 28.7 Å². The molecule has 2 aliphatic rings. The highest BCUT2D eigenvalue weighted by Crippen LogP contribution is 2.35. The number of ketones is 1. The average molecular weight is 349 g/mol. The summed E-state index contributed by atoms with van der Waals surface area (Å²) >= 11 is 1.24. The Kier molecular flexibility index (Phi) is 4.62. The lowest BCUT2D eigenvalue weighted by Crippen LogP contribution is -2.21. The molecule has 0 aromatic heterocycles. The molecule has 0 saturated carbocycles. The first-order valence-electron chi connectivity index (χ1n) is 7.32. The van der Waals surface area contributed by atoms with Gasteiger partial charge in [-0.1, -0.05) is 23.9 Å². The Balaban J connectivity index is 1.81.